The van der Waals surface area contributed by atoms with Crippen molar-refractivity contribution in [1.29, 1.82) is 0 Å². The van der Waals surface area contributed by atoms with Crippen LogP contribution in [0.5, 0.6) is 0 Å². The van der Waals surface area contributed by atoms with Gasteiger partial charge in [-0.15, -0.1) is 0 Å². The number of hydrogen-bond acceptors (Lipinski definition) is 5. The molecule has 0 radical (unpaired) electrons. The number of carbonyl (C=O) groups excluding carboxylic acids is 1. The van der Waals surface area contributed by atoms with Crippen LogP contribution >= 0.6 is 11.6 Å². The van der Waals surface area contributed by atoms with Crippen molar-refractivity contribution in [1.82, 2.24) is 14.9 Å². The number of ether oxygens (including phenoxy) is 1. The summed E-state index contributed by atoms with van der Waals surface area (Å²) in [5.41, 5.74) is 0. The molecule has 0 aliphatic carbocycles. The van der Waals surface area contributed by atoms with Crippen LogP contribution in [0.25, 0.3) is 0 Å². The van der Waals surface area contributed by atoms with E-state index in [0.717, 1.165) is 6.54 Å². The van der Waals surface area contributed by atoms with E-state index in [1.165, 1.54) is 0 Å². The van der Waals surface area contributed by atoms with Crippen LogP contribution in [0.15, 0.2) is 6.07 Å². The van der Waals surface area contributed by atoms with Crippen LogP contribution < -0.4 is 4.90 Å². The number of anilines is 1. The summed E-state index contributed by atoms with van der Waals surface area (Å²) in [6.45, 7) is 4.57. The summed E-state index contributed by atoms with van der Waals surface area (Å²) < 4.78 is 5.28. The van der Waals surface area contributed by atoms with Crippen LogP contribution in [0, 0.1) is 0 Å². The fraction of sp³-hybridized carbons (Fsp3) is 0.583. The number of carbonyl (C=O) groups is 1. The van der Waals surface area contributed by atoms with Crippen molar-refractivity contribution in [3.05, 3.63) is 17.0 Å². The lowest BCUT2D eigenvalue weighted by Crippen LogP contribution is -2.48. The lowest BCUT2D eigenvalue weighted by atomic mass is 10.3. The average molecular weight is 285 g/mol. The largest absolute Gasteiger partial charge is 0.374 e. The minimum atomic E-state index is 0.0762. The predicted molar refractivity (Wildman–Crippen MR) is 72.2 cm³/mol. The second-order valence-electron chi connectivity index (χ2n) is 4.34. The molecule has 1 aromatic heterocycles. The third-order valence-electron chi connectivity index (χ3n) is 2.94. The Morgan fingerprint density at radius 1 is 1.42 bits per heavy atom. The molecule has 0 unspecified atom stereocenters. The molecular formula is C12H17ClN4O2. The molecule has 0 aromatic carbocycles. The van der Waals surface area contributed by atoms with Crippen molar-refractivity contribution in [2.75, 3.05) is 38.2 Å². The molecule has 1 aromatic rings. The van der Waals surface area contributed by atoms with Gasteiger partial charge in [-0.2, -0.15) is 0 Å². The Morgan fingerprint density at radius 2 is 2.21 bits per heavy atom. The maximum atomic E-state index is 11.7. The number of nitrogens with zero attached hydrogens (tertiary/aromatic N) is 4. The highest BCUT2D eigenvalue weighted by Gasteiger charge is 2.22. The molecule has 1 aliphatic heterocycles. The fourth-order valence-electron chi connectivity index (χ4n) is 1.83. The predicted octanol–water partition coefficient (Wildman–Crippen LogP) is 0.945. The van der Waals surface area contributed by atoms with Crippen LogP contribution in [0.4, 0.5) is 5.82 Å². The molecule has 0 spiro atoms. The van der Waals surface area contributed by atoms with Gasteiger partial charge in [-0.3, -0.25) is 4.79 Å². The number of aromatic nitrogens is 2. The quantitative estimate of drug-likeness (QED) is 0.771. The van der Waals surface area contributed by atoms with E-state index in [4.69, 9.17) is 16.3 Å². The van der Waals surface area contributed by atoms with Crippen molar-refractivity contribution in [2.24, 2.45) is 0 Å². The van der Waals surface area contributed by atoms with Gasteiger partial charge in [0, 0.05) is 32.8 Å². The molecule has 19 heavy (non-hydrogen) atoms. The number of hydrogen-bond donors (Lipinski definition) is 0. The highest BCUT2D eigenvalue weighted by Crippen LogP contribution is 2.18. The Morgan fingerprint density at radius 3 is 2.89 bits per heavy atom. The summed E-state index contributed by atoms with van der Waals surface area (Å²) in [5, 5.41) is 0.367. The number of halogens is 1. The van der Waals surface area contributed by atoms with E-state index < -0.39 is 0 Å². The zero-order valence-electron chi connectivity index (χ0n) is 11.1. The Balaban J connectivity index is 2.15. The van der Waals surface area contributed by atoms with E-state index >= 15 is 0 Å². The number of piperazine rings is 1. The molecule has 0 N–H and O–H groups in total. The minimum absolute atomic E-state index is 0.0762. The first-order valence-corrected chi connectivity index (χ1v) is 6.58. The molecule has 2 rings (SSSR count). The van der Waals surface area contributed by atoms with Gasteiger partial charge in [-0.05, 0) is 6.92 Å². The van der Waals surface area contributed by atoms with E-state index in [1.807, 2.05) is 11.8 Å². The van der Waals surface area contributed by atoms with Gasteiger partial charge >= 0.3 is 0 Å². The first-order valence-electron chi connectivity index (χ1n) is 6.20. The van der Waals surface area contributed by atoms with Gasteiger partial charge in [0.25, 0.3) is 0 Å². The summed E-state index contributed by atoms with van der Waals surface area (Å²) >= 11 is 5.98. The van der Waals surface area contributed by atoms with Crippen LogP contribution in [0.3, 0.4) is 0 Å². The third-order valence-corrected chi connectivity index (χ3v) is 3.14. The van der Waals surface area contributed by atoms with Crippen molar-refractivity contribution >= 4 is 23.3 Å². The molecule has 0 atom stereocenters. The molecule has 7 heteroatoms. The molecule has 0 saturated carbocycles. The smallest absolute Gasteiger partial charge is 0.241 e. The van der Waals surface area contributed by atoms with E-state index in [-0.39, 0.29) is 5.91 Å². The Bertz CT molecular complexity index is 469. The first kappa shape index (κ1) is 14.0. The summed E-state index contributed by atoms with van der Waals surface area (Å²) in [5.74, 6) is 1.29. The molecule has 104 valence electrons. The van der Waals surface area contributed by atoms with Crippen molar-refractivity contribution in [3.8, 4) is 0 Å². The monoisotopic (exact) mass is 284 g/mol. The first-order chi connectivity index (χ1) is 9.10. The van der Waals surface area contributed by atoms with Gasteiger partial charge in [0.2, 0.25) is 5.91 Å². The molecule has 1 saturated heterocycles. The zero-order chi connectivity index (χ0) is 13.8. The molecule has 1 fully saturated rings. The molecule has 1 aliphatic rings. The minimum Gasteiger partial charge on any atom is -0.374 e. The zero-order valence-corrected chi connectivity index (χ0v) is 11.9. The SMILES string of the molecule is CCOCc1nc(Cl)cc(N2CCN(C)C(=O)C2)n1. The maximum absolute atomic E-state index is 11.7. The molecule has 6 nitrogen and oxygen atoms in total. The Kier molecular flexibility index (Phi) is 4.55. The van der Waals surface area contributed by atoms with Gasteiger partial charge in [0.05, 0.1) is 6.54 Å². The number of amides is 1. The summed E-state index contributed by atoms with van der Waals surface area (Å²) in [6, 6.07) is 1.68. The van der Waals surface area contributed by atoms with Gasteiger partial charge < -0.3 is 14.5 Å². The van der Waals surface area contributed by atoms with Crippen LogP contribution in [0.2, 0.25) is 5.15 Å². The molecule has 2 heterocycles. The fourth-order valence-corrected chi connectivity index (χ4v) is 2.02. The summed E-state index contributed by atoms with van der Waals surface area (Å²) in [7, 11) is 1.80. The van der Waals surface area contributed by atoms with Crippen LogP contribution in [-0.2, 0) is 16.1 Å². The second-order valence-corrected chi connectivity index (χ2v) is 4.73. The number of likely N-dealkylation sites (N-methyl/N-ethyl adjacent to an activating group) is 1. The Labute approximate surface area is 117 Å². The molecule has 1 amide bonds. The normalized spacial score (nSPS) is 16.1. The highest BCUT2D eigenvalue weighted by molar-refractivity contribution is 6.29. The standard InChI is InChI=1S/C12H17ClN4O2/c1-3-19-8-10-14-9(13)6-11(15-10)17-5-4-16(2)12(18)7-17/h6H,3-5,7-8H2,1-2H3. The maximum Gasteiger partial charge on any atom is 0.241 e. The molecular weight excluding hydrogens is 268 g/mol. The summed E-state index contributed by atoms with van der Waals surface area (Å²) in [4.78, 5) is 23.8. The lowest BCUT2D eigenvalue weighted by Gasteiger charge is -2.32. The molecule has 0 bridgehead atoms. The van der Waals surface area contributed by atoms with Crippen LogP contribution in [-0.4, -0.2) is 54.1 Å². The van der Waals surface area contributed by atoms with E-state index in [0.29, 0.717) is 43.1 Å². The number of rotatable bonds is 4. The topological polar surface area (TPSA) is 58.6 Å². The summed E-state index contributed by atoms with van der Waals surface area (Å²) in [6.07, 6.45) is 0. The second kappa shape index (κ2) is 6.16. The van der Waals surface area contributed by atoms with Gasteiger partial charge in [0.15, 0.2) is 5.82 Å². The average Bonchev–Trinajstić information content (AvgIpc) is 2.39. The van der Waals surface area contributed by atoms with Crippen molar-refractivity contribution < 1.29 is 9.53 Å². The van der Waals surface area contributed by atoms with E-state index in [2.05, 4.69) is 9.97 Å². The Hall–Kier alpha value is -1.40. The van der Waals surface area contributed by atoms with Crippen molar-refractivity contribution in [2.45, 2.75) is 13.5 Å². The van der Waals surface area contributed by atoms with Crippen LogP contribution in [0.1, 0.15) is 12.7 Å². The highest BCUT2D eigenvalue weighted by atomic mass is 35.5. The van der Waals surface area contributed by atoms with E-state index in [1.54, 1.807) is 18.0 Å². The third kappa shape index (κ3) is 3.54. The van der Waals surface area contributed by atoms with Gasteiger partial charge in [-0.1, -0.05) is 11.6 Å². The van der Waals surface area contributed by atoms with Gasteiger partial charge in [0.1, 0.15) is 17.6 Å². The van der Waals surface area contributed by atoms with Crippen molar-refractivity contribution in [3.63, 3.8) is 0 Å². The van der Waals surface area contributed by atoms with E-state index in [9.17, 15) is 4.79 Å². The lowest BCUT2D eigenvalue weighted by molar-refractivity contribution is -0.129. The van der Waals surface area contributed by atoms with Gasteiger partial charge in [-0.25, -0.2) is 9.97 Å².